The topological polar surface area (TPSA) is 0 Å². The van der Waals surface area contributed by atoms with Crippen LogP contribution in [0.2, 0.25) is 0 Å². The minimum Gasteiger partial charge on any atom is -0.196 e. The second-order valence-electron chi connectivity index (χ2n) is 6.25. The molecule has 0 nitrogen and oxygen atoms in total. The smallest absolute Gasteiger partial charge is 0 e. The van der Waals surface area contributed by atoms with Crippen LogP contribution in [0.3, 0.4) is 0 Å². The first-order valence-electron chi connectivity index (χ1n) is 7.50. The molecule has 0 aliphatic rings. The summed E-state index contributed by atoms with van der Waals surface area (Å²) in [4.78, 5) is 0. The molecule has 0 N–H and O–H groups in total. The Morgan fingerprint density at radius 3 is 0.619 bits per heavy atom. The van der Waals surface area contributed by atoms with Gasteiger partial charge in [-0.25, -0.2) is 0 Å². The molecule has 0 bridgehead atoms. The number of rotatable bonds is 0. The molecule has 0 atom stereocenters. The van der Waals surface area contributed by atoms with Crippen molar-refractivity contribution in [2.24, 2.45) is 0 Å². The summed E-state index contributed by atoms with van der Waals surface area (Å²) in [5.41, 5.74) is 14.7. The molecule has 1 heteroatoms. The molecule has 0 aliphatic carbocycles. The summed E-state index contributed by atoms with van der Waals surface area (Å²) in [7, 11) is 0. The Kier molecular flexibility index (Phi) is 8.06. The van der Waals surface area contributed by atoms with Crippen LogP contribution >= 0.6 is 0 Å². The summed E-state index contributed by atoms with van der Waals surface area (Å²) in [5.74, 6) is 0. The molecule has 2 aromatic rings. The maximum Gasteiger partial charge on any atom is 0 e. The SMILES string of the molecule is Cc1c(C)c(C)[c-](C)c1C.Cc1c(C)c(C)[c-](C)c1C.[Sm]. The minimum atomic E-state index is 0. The Morgan fingerprint density at radius 1 is 0.429 bits per heavy atom. The van der Waals surface area contributed by atoms with Crippen molar-refractivity contribution in [2.45, 2.75) is 69.2 Å². The Morgan fingerprint density at radius 2 is 0.571 bits per heavy atom. The zero-order chi connectivity index (χ0) is 15.8. The summed E-state index contributed by atoms with van der Waals surface area (Å²) in [6, 6.07) is 0. The molecule has 21 heavy (non-hydrogen) atoms. The quantitative estimate of drug-likeness (QED) is 0.466. The van der Waals surface area contributed by atoms with Crippen LogP contribution in [0.15, 0.2) is 0 Å². The fourth-order valence-corrected chi connectivity index (χ4v) is 2.81. The molecule has 2 aromatic carbocycles. The average Bonchev–Trinajstić information content (AvgIpc) is 2.71. The molecule has 0 amide bonds. The van der Waals surface area contributed by atoms with Gasteiger partial charge in [-0.3, -0.25) is 0 Å². The van der Waals surface area contributed by atoms with Crippen molar-refractivity contribution in [1.82, 2.24) is 0 Å². The van der Waals surface area contributed by atoms with Gasteiger partial charge in [0.05, 0.1) is 0 Å². The van der Waals surface area contributed by atoms with Gasteiger partial charge < -0.3 is 0 Å². The van der Waals surface area contributed by atoms with Crippen molar-refractivity contribution in [3.63, 3.8) is 0 Å². The normalized spacial score (nSPS) is 10.0. The third-order valence-electron chi connectivity index (χ3n) is 5.62. The molecule has 0 radical (unpaired) electrons. The zero-order valence-corrected chi connectivity index (χ0v) is 18.0. The van der Waals surface area contributed by atoms with E-state index in [1.165, 1.54) is 55.6 Å². The van der Waals surface area contributed by atoms with Crippen LogP contribution in [0.1, 0.15) is 55.6 Å². The van der Waals surface area contributed by atoms with E-state index in [0.29, 0.717) is 0 Å². The summed E-state index contributed by atoms with van der Waals surface area (Å²) >= 11 is 0. The van der Waals surface area contributed by atoms with E-state index in [-0.39, 0.29) is 40.4 Å². The van der Waals surface area contributed by atoms with Gasteiger partial charge in [0.2, 0.25) is 0 Å². The molecule has 0 spiro atoms. The monoisotopic (exact) mass is 422 g/mol. The van der Waals surface area contributed by atoms with E-state index in [0.717, 1.165) is 0 Å². The fourth-order valence-electron chi connectivity index (χ4n) is 2.81. The van der Waals surface area contributed by atoms with E-state index in [1.54, 1.807) is 0 Å². The van der Waals surface area contributed by atoms with Crippen LogP contribution in [0.25, 0.3) is 0 Å². The van der Waals surface area contributed by atoms with Gasteiger partial charge in [0.15, 0.2) is 0 Å². The zero-order valence-electron chi connectivity index (χ0n) is 15.4. The van der Waals surface area contributed by atoms with Crippen LogP contribution in [0, 0.1) is 110 Å². The van der Waals surface area contributed by atoms with Gasteiger partial charge in [0, 0.05) is 40.4 Å². The van der Waals surface area contributed by atoms with Crippen LogP contribution in [-0.2, 0) is 0 Å². The summed E-state index contributed by atoms with van der Waals surface area (Å²) in [6.07, 6.45) is 0. The largest absolute Gasteiger partial charge is 0.196 e. The molecule has 2 rings (SSSR count). The molecule has 0 fully saturated rings. The minimum absolute atomic E-state index is 0. The van der Waals surface area contributed by atoms with E-state index in [9.17, 15) is 0 Å². The van der Waals surface area contributed by atoms with E-state index < -0.39 is 0 Å². The van der Waals surface area contributed by atoms with Crippen LogP contribution in [-0.4, -0.2) is 0 Å². The van der Waals surface area contributed by atoms with Crippen molar-refractivity contribution in [2.75, 3.05) is 0 Å². The second-order valence-corrected chi connectivity index (χ2v) is 6.25. The first-order chi connectivity index (χ1) is 9.11. The van der Waals surface area contributed by atoms with Crippen molar-refractivity contribution in [1.29, 1.82) is 0 Å². The van der Waals surface area contributed by atoms with Gasteiger partial charge in [0.1, 0.15) is 0 Å². The molecule has 118 valence electrons. The maximum absolute atomic E-state index is 2.20. The van der Waals surface area contributed by atoms with E-state index in [2.05, 4.69) is 69.2 Å². The summed E-state index contributed by atoms with van der Waals surface area (Å²) in [5, 5.41) is 0. The Balaban J connectivity index is 0.000000364. The third-order valence-corrected chi connectivity index (χ3v) is 5.62. The molecule has 0 saturated carbocycles. The van der Waals surface area contributed by atoms with Gasteiger partial charge in [0.25, 0.3) is 0 Å². The van der Waals surface area contributed by atoms with Gasteiger partial charge in [-0.1, -0.05) is 69.2 Å². The van der Waals surface area contributed by atoms with Crippen LogP contribution < -0.4 is 0 Å². The fraction of sp³-hybridized carbons (Fsp3) is 0.500. The van der Waals surface area contributed by atoms with Crippen molar-refractivity contribution in [3.05, 3.63) is 55.6 Å². The molecule has 0 aliphatic heterocycles. The molecular weight excluding hydrogens is 391 g/mol. The molecule has 0 aromatic heterocycles. The van der Waals surface area contributed by atoms with E-state index in [1.807, 2.05) is 0 Å². The first kappa shape index (κ1) is 21.0. The van der Waals surface area contributed by atoms with Gasteiger partial charge >= 0.3 is 0 Å². The first-order valence-corrected chi connectivity index (χ1v) is 7.50. The Labute approximate surface area is 164 Å². The van der Waals surface area contributed by atoms with Gasteiger partial charge in [-0.2, -0.15) is 55.6 Å². The Bertz CT molecular complexity index is 404. The van der Waals surface area contributed by atoms with Crippen LogP contribution in [0.4, 0.5) is 0 Å². The second kappa shape index (κ2) is 8.05. The van der Waals surface area contributed by atoms with Gasteiger partial charge in [-0.05, 0) is 0 Å². The molecular formula is C20H30Sm-2. The molecule has 0 saturated heterocycles. The standard InChI is InChI=1S/2C10H15.Sm/c2*1-6-7(2)9(4)10(5)8(6)3;/h2*1-5H3;/q2*-1;. The summed E-state index contributed by atoms with van der Waals surface area (Å²) in [6.45, 7) is 22.0. The summed E-state index contributed by atoms with van der Waals surface area (Å²) < 4.78 is 0. The van der Waals surface area contributed by atoms with E-state index in [4.69, 9.17) is 0 Å². The maximum atomic E-state index is 2.20. The number of hydrogen-bond donors (Lipinski definition) is 0. The number of hydrogen-bond acceptors (Lipinski definition) is 0. The predicted octanol–water partition coefficient (Wildman–Crippen LogP) is 5.90. The molecule has 0 heterocycles. The predicted molar refractivity (Wildman–Crippen MR) is 91.4 cm³/mol. The molecule has 0 unspecified atom stereocenters. The van der Waals surface area contributed by atoms with Crippen molar-refractivity contribution >= 4 is 0 Å². The van der Waals surface area contributed by atoms with Crippen molar-refractivity contribution in [3.8, 4) is 0 Å². The van der Waals surface area contributed by atoms with Gasteiger partial charge in [-0.15, -0.1) is 0 Å². The Hall–Kier alpha value is 0.0377. The third kappa shape index (κ3) is 4.07. The van der Waals surface area contributed by atoms with Crippen molar-refractivity contribution < 1.29 is 40.4 Å². The van der Waals surface area contributed by atoms with Crippen LogP contribution in [0.5, 0.6) is 0 Å². The van der Waals surface area contributed by atoms with E-state index >= 15 is 0 Å². The average molecular weight is 421 g/mol.